The molecule has 0 spiro atoms. The van der Waals surface area contributed by atoms with E-state index in [1.807, 2.05) is 0 Å². The van der Waals surface area contributed by atoms with Crippen LogP contribution in [0, 0.1) is 5.41 Å². The van der Waals surface area contributed by atoms with Crippen LogP contribution in [0.4, 0.5) is 13.2 Å². The van der Waals surface area contributed by atoms with E-state index in [1.54, 1.807) is 12.2 Å². The van der Waals surface area contributed by atoms with Gasteiger partial charge in [-0.15, -0.1) is 0 Å². The number of hydrogen-bond donors (Lipinski definition) is 1. The number of halogens is 3. The van der Waals surface area contributed by atoms with Crippen molar-refractivity contribution in [3.05, 3.63) is 12.2 Å². The Kier molecular flexibility index (Phi) is 2.40. The van der Waals surface area contributed by atoms with Crippen LogP contribution in [-0.2, 0) is 4.74 Å². The summed E-state index contributed by atoms with van der Waals surface area (Å²) in [5.41, 5.74) is 0. The highest BCUT2D eigenvalue weighted by Crippen LogP contribution is 2.21. The van der Waals surface area contributed by atoms with E-state index in [1.165, 1.54) is 0 Å². The highest BCUT2D eigenvalue weighted by molar-refractivity contribution is 5.78. The van der Waals surface area contributed by atoms with Crippen molar-refractivity contribution >= 4 is 5.90 Å². The Morgan fingerprint density at radius 3 is 2.58 bits per heavy atom. The van der Waals surface area contributed by atoms with Gasteiger partial charge in [0.1, 0.15) is 6.10 Å². The predicted octanol–water partition coefficient (Wildman–Crippen LogP) is 2.26. The van der Waals surface area contributed by atoms with Crippen molar-refractivity contribution in [1.29, 1.82) is 5.41 Å². The van der Waals surface area contributed by atoms with Gasteiger partial charge >= 0.3 is 6.18 Å². The van der Waals surface area contributed by atoms with Gasteiger partial charge in [0.25, 0.3) is 5.90 Å². The van der Waals surface area contributed by atoms with Crippen molar-refractivity contribution in [2.24, 2.45) is 0 Å². The van der Waals surface area contributed by atoms with Gasteiger partial charge in [-0.1, -0.05) is 6.08 Å². The highest BCUT2D eigenvalue weighted by Gasteiger charge is 2.38. The molecule has 0 amide bonds. The van der Waals surface area contributed by atoms with Crippen molar-refractivity contribution in [2.75, 3.05) is 0 Å². The molecule has 1 N–H and O–H groups in total. The molecule has 68 valence electrons. The van der Waals surface area contributed by atoms with Gasteiger partial charge in [0, 0.05) is 0 Å². The first-order valence-electron chi connectivity index (χ1n) is 3.49. The first-order valence-corrected chi connectivity index (χ1v) is 3.49. The van der Waals surface area contributed by atoms with E-state index >= 15 is 0 Å². The third kappa shape index (κ3) is 2.25. The molecule has 0 radical (unpaired) electrons. The van der Waals surface area contributed by atoms with Crippen LogP contribution in [0.3, 0.4) is 0 Å². The maximum absolute atomic E-state index is 11.7. The Hall–Kier alpha value is -1.00. The summed E-state index contributed by atoms with van der Waals surface area (Å²) < 4.78 is 39.5. The van der Waals surface area contributed by atoms with Crippen LogP contribution in [0.1, 0.15) is 12.8 Å². The summed E-state index contributed by atoms with van der Waals surface area (Å²) in [5.74, 6) is -1.61. The quantitative estimate of drug-likeness (QED) is 0.374. The van der Waals surface area contributed by atoms with Crippen LogP contribution in [-0.4, -0.2) is 18.2 Å². The van der Waals surface area contributed by atoms with Crippen molar-refractivity contribution in [1.82, 2.24) is 0 Å². The molecule has 0 aromatic heterocycles. The van der Waals surface area contributed by atoms with Gasteiger partial charge in [-0.2, -0.15) is 13.2 Å². The van der Waals surface area contributed by atoms with Crippen LogP contribution >= 0.6 is 0 Å². The van der Waals surface area contributed by atoms with Crippen molar-refractivity contribution < 1.29 is 17.9 Å². The van der Waals surface area contributed by atoms with E-state index in [0.717, 1.165) is 6.42 Å². The summed E-state index contributed by atoms with van der Waals surface area (Å²) >= 11 is 0. The van der Waals surface area contributed by atoms with E-state index in [4.69, 9.17) is 5.41 Å². The molecule has 1 rings (SSSR count). The molecule has 0 aliphatic heterocycles. The molecule has 0 fully saturated rings. The molecule has 0 bridgehead atoms. The first kappa shape index (κ1) is 9.09. The fourth-order valence-electron chi connectivity index (χ4n) is 0.921. The van der Waals surface area contributed by atoms with Gasteiger partial charge in [-0.3, -0.25) is 5.41 Å². The van der Waals surface area contributed by atoms with Crippen LogP contribution in [0.2, 0.25) is 0 Å². The monoisotopic (exact) mass is 179 g/mol. The maximum Gasteiger partial charge on any atom is 0.467 e. The third-order valence-corrected chi connectivity index (χ3v) is 1.50. The Balaban J connectivity index is 2.41. The van der Waals surface area contributed by atoms with Crippen LogP contribution in [0.5, 0.6) is 0 Å². The Bertz CT molecular complexity index is 209. The lowest BCUT2D eigenvalue weighted by molar-refractivity contribution is -0.0823. The van der Waals surface area contributed by atoms with Gasteiger partial charge < -0.3 is 4.74 Å². The van der Waals surface area contributed by atoms with E-state index in [2.05, 4.69) is 4.74 Å². The lowest BCUT2D eigenvalue weighted by Crippen LogP contribution is -2.28. The summed E-state index contributed by atoms with van der Waals surface area (Å²) in [6.45, 7) is 0. The lowest BCUT2D eigenvalue weighted by atomic mass is 10.3. The average Bonchev–Trinajstić information content (AvgIpc) is 2.37. The van der Waals surface area contributed by atoms with Crippen molar-refractivity contribution in [3.63, 3.8) is 0 Å². The molecule has 1 aliphatic carbocycles. The second-order valence-electron chi connectivity index (χ2n) is 2.49. The summed E-state index contributed by atoms with van der Waals surface area (Å²) in [6, 6.07) is 0. The lowest BCUT2D eigenvalue weighted by Gasteiger charge is -2.13. The number of ether oxygens (including phenoxy) is 1. The summed E-state index contributed by atoms with van der Waals surface area (Å²) in [4.78, 5) is 0. The standard InChI is InChI=1S/C7H8F3NO/c8-7(9,10)6(11)12-5-3-1-2-4-5/h1,3,5,11H,2,4H2. The summed E-state index contributed by atoms with van der Waals surface area (Å²) in [6.07, 6.45) is -0.696. The van der Waals surface area contributed by atoms with Gasteiger partial charge in [0.05, 0.1) is 0 Å². The fourth-order valence-corrected chi connectivity index (χ4v) is 0.921. The van der Waals surface area contributed by atoms with E-state index in [9.17, 15) is 13.2 Å². The molecule has 0 saturated carbocycles. The first-order chi connectivity index (χ1) is 5.50. The number of hydrogen-bond acceptors (Lipinski definition) is 2. The molecule has 0 heterocycles. The van der Waals surface area contributed by atoms with E-state index in [0.29, 0.717) is 6.42 Å². The molecule has 5 heteroatoms. The smallest absolute Gasteiger partial charge is 0.467 e. The zero-order chi connectivity index (χ0) is 9.19. The van der Waals surface area contributed by atoms with Gasteiger partial charge in [-0.05, 0) is 18.9 Å². The minimum Gasteiger partial charge on any atom is -0.467 e. The number of alkyl halides is 3. The second kappa shape index (κ2) is 3.16. The average molecular weight is 179 g/mol. The normalized spacial score (nSPS) is 22.8. The molecule has 0 saturated heterocycles. The minimum absolute atomic E-state index is 0.526. The molecule has 1 aliphatic rings. The van der Waals surface area contributed by atoms with E-state index in [-0.39, 0.29) is 0 Å². The number of rotatable bonds is 1. The Morgan fingerprint density at radius 2 is 2.17 bits per heavy atom. The van der Waals surface area contributed by atoms with Crippen molar-refractivity contribution in [3.8, 4) is 0 Å². The largest absolute Gasteiger partial charge is 0.467 e. The zero-order valence-corrected chi connectivity index (χ0v) is 6.19. The zero-order valence-electron chi connectivity index (χ0n) is 6.19. The molecule has 1 atom stereocenters. The van der Waals surface area contributed by atoms with Crippen LogP contribution in [0.15, 0.2) is 12.2 Å². The van der Waals surface area contributed by atoms with Gasteiger partial charge in [-0.25, -0.2) is 0 Å². The second-order valence-corrected chi connectivity index (χ2v) is 2.49. The molecule has 1 unspecified atom stereocenters. The highest BCUT2D eigenvalue weighted by atomic mass is 19.4. The van der Waals surface area contributed by atoms with Crippen LogP contribution < -0.4 is 0 Å². The SMILES string of the molecule is N=C(OC1C=CCC1)C(F)(F)F. The molecule has 0 aromatic carbocycles. The van der Waals surface area contributed by atoms with E-state index < -0.39 is 18.2 Å². The predicted molar refractivity (Wildman–Crippen MR) is 37.0 cm³/mol. The Labute approximate surface area is 67.5 Å². The minimum atomic E-state index is -4.66. The molecular formula is C7H8F3NO. The van der Waals surface area contributed by atoms with Gasteiger partial charge in [0.15, 0.2) is 0 Å². The number of nitrogens with one attached hydrogen (secondary N) is 1. The summed E-state index contributed by atoms with van der Waals surface area (Å²) in [7, 11) is 0. The van der Waals surface area contributed by atoms with Gasteiger partial charge in [0.2, 0.25) is 0 Å². The molecule has 2 nitrogen and oxygen atoms in total. The summed E-state index contributed by atoms with van der Waals surface area (Å²) in [5, 5.41) is 6.52. The topological polar surface area (TPSA) is 33.1 Å². The maximum atomic E-state index is 11.7. The number of allylic oxidation sites excluding steroid dienone is 1. The fraction of sp³-hybridized carbons (Fsp3) is 0.571. The van der Waals surface area contributed by atoms with Crippen LogP contribution in [0.25, 0.3) is 0 Å². The third-order valence-electron chi connectivity index (χ3n) is 1.50. The molecule has 0 aromatic rings. The Morgan fingerprint density at radius 1 is 1.50 bits per heavy atom. The molecular weight excluding hydrogens is 171 g/mol. The molecule has 12 heavy (non-hydrogen) atoms. The van der Waals surface area contributed by atoms with Crippen molar-refractivity contribution in [2.45, 2.75) is 25.1 Å².